The number of carbonyl (C=O) groups excluding carboxylic acids is 5. The van der Waals surface area contributed by atoms with E-state index < -0.39 is 364 Å². The van der Waals surface area contributed by atoms with Crippen molar-refractivity contribution in [3.8, 4) is 0 Å². The van der Waals surface area contributed by atoms with Gasteiger partial charge < -0.3 is 226 Å². The minimum atomic E-state index is -3.30. The number of nitrogens with one attached hydrogen (secondary N) is 5. The summed E-state index contributed by atoms with van der Waals surface area (Å²) in [7, 11) is 0. The normalized spacial score (nSPS) is 41.8. The summed E-state index contributed by atoms with van der Waals surface area (Å²) in [6.07, 6.45) is -77.7. The second-order valence-electron chi connectivity index (χ2n) is 28.7. The summed E-state index contributed by atoms with van der Waals surface area (Å²) in [6.45, 7) is -6.20. The molecular formula is C64H107N5O47. The molecule has 7 heterocycles. The lowest BCUT2D eigenvalue weighted by Crippen LogP contribution is -2.71. The van der Waals surface area contributed by atoms with Crippen LogP contribution >= 0.6 is 0 Å². The number of hydrogen-bond acceptors (Lipinski definition) is 45. The fraction of sp³-hybridized carbons (Fsp3) is 0.891. The molecule has 0 aromatic carbocycles. The molecule has 52 heteroatoms. The lowest BCUT2D eigenvalue weighted by atomic mass is 9.88. The fourth-order valence-electron chi connectivity index (χ4n) is 14.4. The van der Waals surface area contributed by atoms with E-state index >= 15 is 0 Å². The second-order valence-corrected chi connectivity index (χ2v) is 28.7. The molecule has 52 nitrogen and oxygen atoms in total. The van der Waals surface area contributed by atoms with E-state index in [1.54, 1.807) is 0 Å². The monoisotopic (exact) mass is 1700 g/mol. The van der Waals surface area contributed by atoms with Gasteiger partial charge in [-0.3, -0.25) is 24.0 Å². The molecule has 7 rings (SSSR count). The molecular weight excluding hydrogens is 1590 g/mol. The van der Waals surface area contributed by atoms with Gasteiger partial charge in [0.25, 0.3) is 11.6 Å². The van der Waals surface area contributed by atoms with Crippen LogP contribution in [-0.4, -0.2) is 484 Å². The van der Waals surface area contributed by atoms with Crippen molar-refractivity contribution >= 4 is 41.5 Å². The minimum absolute atomic E-state index is 0.865. The van der Waals surface area contributed by atoms with E-state index in [1.165, 1.54) is 0 Å². The Hall–Kier alpha value is -5.23. The molecule has 670 valence electrons. The number of aliphatic hydroxyl groups is 24. The molecule has 7 saturated heterocycles. The molecule has 0 radical (unpaired) electrons. The molecule has 0 aromatic rings. The topological polar surface area (TPSA) is 835 Å². The summed E-state index contributed by atoms with van der Waals surface area (Å²) in [6, 6.07) is -9.26. The van der Waals surface area contributed by atoms with E-state index in [-0.39, 0.29) is 0 Å². The average Bonchev–Trinajstić information content (AvgIpc) is 0.756. The maximum absolute atomic E-state index is 13.2. The van der Waals surface area contributed by atoms with Crippen LogP contribution in [0.2, 0.25) is 0 Å². The van der Waals surface area contributed by atoms with E-state index in [1.807, 2.05) is 0 Å². The Morgan fingerprint density at radius 1 is 0.388 bits per heavy atom. The van der Waals surface area contributed by atoms with Crippen molar-refractivity contribution in [2.45, 2.75) is 298 Å². The van der Waals surface area contributed by atoms with E-state index in [9.17, 15) is 166 Å². The quantitative estimate of drug-likeness (QED) is 0.0275. The molecule has 7 fully saturated rings. The number of amides is 5. The van der Waals surface area contributed by atoms with Crippen molar-refractivity contribution in [1.82, 2.24) is 26.6 Å². The SMILES string of the molecule is CC(=O)N[C@H]1[C@H](OC[C@@H](O)[C@H](O)[C@H](O[C@@H]2O[C@H](CO)[C@H](O)[C@H](O[C@]3(C(=O)O)C[C@H](O)[C@@H](NC(C)=O)[C@H]([C@H](O)[C@H](O)CO)O3)[C@H]2O)[C@H](CO)NC(C)=O)O[C@H](CO)[C@@H](O[C@@H]2O[C@H](CO)[C@H](O)[C@H](O[C@@H]3O[C@H](CO)[C@@H](O[C@@H]4O[C@H](CO)[C@H](O)[C@H](O[C@]5(C(=O)O)C[C@H](O)[C@@H](NC(C)=O)[C@H]([C@H](O)[C@H](O)CO)O5)[C@H]4O)[C@H](O)[C@H]3NC(C)=O)[C@H]2O)[C@@H]1O. The van der Waals surface area contributed by atoms with Crippen LogP contribution < -0.4 is 26.6 Å². The van der Waals surface area contributed by atoms with Crippen LogP contribution in [0.5, 0.6) is 0 Å². The van der Waals surface area contributed by atoms with Crippen LogP contribution in [-0.2, 0) is 99.9 Å². The number of carboxylic acids is 2. The summed E-state index contributed by atoms with van der Waals surface area (Å²) >= 11 is 0. The smallest absolute Gasteiger partial charge is 0.364 e. The molecule has 0 aromatic heterocycles. The van der Waals surface area contributed by atoms with E-state index in [0.29, 0.717) is 0 Å². The first-order valence-electron chi connectivity index (χ1n) is 36.3. The first-order valence-corrected chi connectivity index (χ1v) is 36.3. The predicted molar refractivity (Wildman–Crippen MR) is 359 cm³/mol. The number of carbonyl (C=O) groups is 7. The van der Waals surface area contributed by atoms with Gasteiger partial charge in [0.05, 0.1) is 89.8 Å². The van der Waals surface area contributed by atoms with Gasteiger partial charge in [-0.2, -0.15) is 0 Å². The highest BCUT2D eigenvalue weighted by atomic mass is 16.8. The Morgan fingerprint density at radius 3 is 1.09 bits per heavy atom. The maximum Gasteiger partial charge on any atom is 0.364 e. The number of aliphatic hydroxyl groups excluding tert-OH is 24. The maximum atomic E-state index is 13.2. The van der Waals surface area contributed by atoms with E-state index in [2.05, 4.69) is 26.6 Å². The van der Waals surface area contributed by atoms with Crippen molar-refractivity contribution in [3.63, 3.8) is 0 Å². The van der Waals surface area contributed by atoms with Crippen LogP contribution in [0.15, 0.2) is 0 Å². The highest BCUT2D eigenvalue weighted by molar-refractivity contribution is 5.78. The largest absolute Gasteiger partial charge is 0.477 e. The van der Waals surface area contributed by atoms with Crippen molar-refractivity contribution in [1.29, 1.82) is 0 Å². The fourth-order valence-corrected chi connectivity index (χ4v) is 14.4. The molecule has 7 aliphatic heterocycles. The van der Waals surface area contributed by atoms with E-state index in [0.717, 1.165) is 34.6 Å². The standard InChI is InChI=1S/C64H107N5O47/c1-17(78)65-22(8-70)48(109-59-46(97)54(41(92)29(12-74)105-59)115-63(61(99)100)6-23(83)33(66-18(2)79)51(113-63)37(88)25(85)9-71)39(90)27(87)16-103-56-35(68-20(4)81)43(94)49(31(14-76)107-56)110-58-45(96)53(40(91)28(11-73)104-58)112-57-36(69-21(5)82)44(95)50(32(15-77)108-57)111-60-47(98)55(42(93)30(13-75)106-60)116-64(62(101)102)7-24(84)34(67-19(3)80)52(114-64)38(89)26(86)10-72/h22-60,70-77,83-98H,6-16H2,1-5H3,(H,65,78)(H,66,79)(H,67,80)(H,68,81)(H,69,82)(H,99,100)(H,101,102)/t22-,23-,24-,25+,26+,27+,28+,29+,30+,31+,32+,33+,34+,35+,36+,37+,38+,39-,40-,41-,42-,43+,44+,45+,46+,47+,48+,49+,50+,51+,52+,53-,54-,55-,56+,57-,58-,59-,60-,63-,64-/m0/s1. The zero-order chi connectivity index (χ0) is 86.8. The number of carboxylic acid groups (broad SMARTS) is 2. The lowest BCUT2D eigenvalue weighted by molar-refractivity contribution is -0.389. The Bertz CT molecular complexity index is 3190. The van der Waals surface area contributed by atoms with Gasteiger partial charge >= 0.3 is 11.9 Å². The molecule has 0 bridgehead atoms. The first-order chi connectivity index (χ1) is 54.5. The Balaban J connectivity index is 1.09. The summed E-state index contributed by atoms with van der Waals surface area (Å²) in [5.74, 6) is -15.5. The van der Waals surface area contributed by atoms with Crippen molar-refractivity contribution in [2.75, 3.05) is 59.5 Å². The second kappa shape index (κ2) is 42.5. The molecule has 31 N–H and O–H groups in total. The van der Waals surface area contributed by atoms with Crippen LogP contribution in [0.25, 0.3) is 0 Å². The van der Waals surface area contributed by atoms with Crippen LogP contribution in [0, 0.1) is 0 Å². The minimum Gasteiger partial charge on any atom is -0.477 e. The molecule has 0 aliphatic carbocycles. The number of ether oxygens (including phenoxy) is 14. The third-order valence-electron chi connectivity index (χ3n) is 20.2. The third-order valence-corrected chi connectivity index (χ3v) is 20.2. The van der Waals surface area contributed by atoms with Crippen LogP contribution in [0.3, 0.4) is 0 Å². The van der Waals surface area contributed by atoms with Crippen LogP contribution in [0.4, 0.5) is 0 Å². The molecule has 41 atom stereocenters. The predicted octanol–water partition coefficient (Wildman–Crippen LogP) is -19.7. The van der Waals surface area contributed by atoms with Crippen molar-refractivity contribution in [2.24, 2.45) is 0 Å². The zero-order valence-corrected chi connectivity index (χ0v) is 62.5. The average molecular weight is 1700 g/mol. The van der Waals surface area contributed by atoms with E-state index in [4.69, 9.17) is 66.3 Å². The van der Waals surface area contributed by atoms with Gasteiger partial charge in [0.2, 0.25) is 29.5 Å². The van der Waals surface area contributed by atoms with Crippen LogP contribution in [0.1, 0.15) is 47.5 Å². The number of hydrogen-bond donors (Lipinski definition) is 31. The van der Waals surface area contributed by atoms with Crippen molar-refractivity contribution in [3.05, 3.63) is 0 Å². The molecule has 7 aliphatic rings. The van der Waals surface area contributed by atoms with Gasteiger partial charge in [-0.1, -0.05) is 0 Å². The Labute approximate surface area is 656 Å². The van der Waals surface area contributed by atoms with Gasteiger partial charge in [0.1, 0.15) is 177 Å². The molecule has 0 unspecified atom stereocenters. The zero-order valence-electron chi connectivity index (χ0n) is 62.5. The highest BCUT2D eigenvalue weighted by Gasteiger charge is 2.64. The van der Waals surface area contributed by atoms with Gasteiger partial charge in [-0.25, -0.2) is 9.59 Å². The summed E-state index contributed by atoms with van der Waals surface area (Å²) in [5.41, 5.74) is 0. The summed E-state index contributed by atoms with van der Waals surface area (Å²) < 4.78 is 80.9. The van der Waals surface area contributed by atoms with Gasteiger partial charge in [0, 0.05) is 47.5 Å². The summed E-state index contributed by atoms with van der Waals surface area (Å²) in [5, 5.41) is 298. The summed E-state index contributed by atoms with van der Waals surface area (Å²) in [4.78, 5) is 88.9. The van der Waals surface area contributed by atoms with Gasteiger partial charge in [0.15, 0.2) is 31.5 Å². The third kappa shape index (κ3) is 22.3. The highest BCUT2D eigenvalue weighted by Crippen LogP contribution is 2.42. The first kappa shape index (κ1) is 97.9. The molecule has 116 heavy (non-hydrogen) atoms. The number of aliphatic carboxylic acids is 2. The van der Waals surface area contributed by atoms with Gasteiger partial charge in [-0.05, 0) is 0 Å². The number of rotatable bonds is 37. The lowest BCUT2D eigenvalue weighted by Gasteiger charge is -2.51. The molecule has 5 amide bonds. The Kier molecular flexibility index (Phi) is 35.9. The Morgan fingerprint density at radius 2 is 0.724 bits per heavy atom. The van der Waals surface area contributed by atoms with Crippen molar-refractivity contribution < 1.29 is 233 Å². The molecule has 0 spiro atoms. The van der Waals surface area contributed by atoms with Gasteiger partial charge in [-0.15, -0.1) is 0 Å². The molecule has 0 saturated carbocycles.